The predicted molar refractivity (Wildman–Crippen MR) is 104 cm³/mol. The van der Waals surface area contributed by atoms with Gasteiger partial charge in [0.2, 0.25) is 0 Å². The van der Waals surface area contributed by atoms with Crippen LogP contribution in [0.4, 0.5) is 5.69 Å². The summed E-state index contributed by atoms with van der Waals surface area (Å²) in [5, 5.41) is 5.03. The van der Waals surface area contributed by atoms with Crippen molar-refractivity contribution in [2.45, 2.75) is 18.4 Å². The molecule has 0 unspecified atom stereocenters. The van der Waals surface area contributed by atoms with E-state index in [9.17, 15) is 0 Å². The topological polar surface area (TPSA) is 21.3 Å². The summed E-state index contributed by atoms with van der Waals surface area (Å²) in [6, 6.07) is 10.0. The second kappa shape index (κ2) is 6.29. The van der Waals surface area contributed by atoms with E-state index in [2.05, 4.69) is 39.5 Å². The summed E-state index contributed by atoms with van der Waals surface area (Å²) in [4.78, 5) is 0. The van der Waals surface area contributed by atoms with Crippen LogP contribution in [-0.2, 0) is 0 Å². The Kier molecular flexibility index (Phi) is 4.27. The maximum absolute atomic E-state index is 6.50. The molecule has 2 nitrogen and oxygen atoms in total. The fraction of sp³-hybridized carbons (Fsp3) is 0.263. The van der Waals surface area contributed by atoms with Gasteiger partial charge < -0.3 is 10.1 Å². The second-order valence-corrected chi connectivity index (χ2v) is 7.97. The summed E-state index contributed by atoms with van der Waals surface area (Å²) in [5.41, 5.74) is 3.30. The predicted octanol–water partition coefficient (Wildman–Crippen LogP) is 6.59. The molecule has 3 atom stereocenters. The van der Waals surface area contributed by atoms with Crippen molar-refractivity contribution in [1.29, 1.82) is 0 Å². The van der Waals surface area contributed by atoms with Crippen molar-refractivity contribution in [2.24, 2.45) is 5.92 Å². The lowest BCUT2D eigenvalue weighted by atomic mass is 9.77. The molecule has 0 aromatic heterocycles. The zero-order valence-electron chi connectivity index (χ0n) is 13.0. The lowest BCUT2D eigenvalue weighted by Gasteiger charge is -2.38. The van der Waals surface area contributed by atoms with Crippen molar-refractivity contribution in [3.8, 4) is 5.75 Å². The largest absolute Gasteiger partial charge is 0.496 e. The number of fused-ring (bicyclic) bond motifs is 3. The van der Waals surface area contributed by atoms with Gasteiger partial charge in [-0.25, -0.2) is 0 Å². The molecular weight excluding hydrogens is 409 g/mol. The molecule has 1 N–H and O–H groups in total. The average molecular weight is 425 g/mol. The first-order valence-corrected chi connectivity index (χ1v) is 9.39. The number of hydrogen-bond acceptors (Lipinski definition) is 2. The minimum Gasteiger partial charge on any atom is -0.496 e. The zero-order valence-corrected chi connectivity index (χ0v) is 16.1. The number of hydrogen-bond donors (Lipinski definition) is 1. The fourth-order valence-corrected chi connectivity index (χ4v) is 4.90. The van der Waals surface area contributed by atoms with Gasteiger partial charge in [0.15, 0.2) is 0 Å². The molecule has 0 saturated carbocycles. The quantitative estimate of drug-likeness (QED) is 0.549. The normalized spacial score (nSPS) is 24.2. The average Bonchev–Trinajstić information content (AvgIpc) is 3.02. The van der Waals surface area contributed by atoms with Crippen LogP contribution >= 0.6 is 39.1 Å². The summed E-state index contributed by atoms with van der Waals surface area (Å²) < 4.78 is 6.64. The van der Waals surface area contributed by atoms with E-state index in [1.54, 1.807) is 7.11 Å². The van der Waals surface area contributed by atoms with Gasteiger partial charge in [0.1, 0.15) is 5.75 Å². The lowest BCUT2D eigenvalue weighted by Crippen LogP contribution is -2.29. The highest BCUT2D eigenvalue weighted by Crippen LogP contribution is 2.53. The summed E-state index contributed by atoms with van der Waals surface area (Å²) in [6.07, 6.45) is 5.52. The molecule has 124 valence electrons. The monoisotopic (exact) mass is 423 g/mol. The number of anilines is 1. The van der Waals surface area contributed by atoms with E-state index in [4.69, 9.17) is 27.9 Å². The molecule has 1 heterocycles. The first-order valence-electron chi connectivity index (χ1n) is 7.84. The number of nitrogens with one attached hydrogen (secondary N) is 1. The van der Waals surface area contributed by atoms with E-state index in [-0.39, 0.29) is 6.04 Å². The molecule has 2 aromatic carbocycles. The molecule has 0 fully saturated rings. The Labute approximate surface area is 159 Å². The van der Waals surface area contributed by atoms with E-state index >= 15 is 0 Å². The van der Waals surface area contributed by atoms with E-state index < -0.39 is 0 Å². The molecule has 0 saturated heterocycles. The standard InChI is InChI=1S/C19H16BrCl2NO/c1-24-17-6-5-10(20)7-14(17)19-13-4-2-3-12(13)18-15(22)8-11(21)9-16(18)23-19/h2-3,5-9,12-13,19,23H,4H2,1H3/t12-,13+,19+/m0/s1. The van der Waals surface area contributed by atoms with Gasteiger partial charge in [-0.2, -0.15) is 0 Å². The van der Waals surface area contributed by atoms with Crippen LogP contribution in [0.15, 0.2) is 47.0 Å². The molecular formula is C19H16BrCl2NO. The van der Waals surface area contributed by atoms with Crippen molar-refractivity contribution in [3.05, 3.63) is 68.1 Å². The summed E-state index contributed by atoms with van der Waals surface area (Å²) in [7, 11) is 1.71. The summed E-state index contributed by atoms with van der Waals surface area (Å²) >= 11 is 16.3. The number of halogens is 3. The van der Waals surface area contributed by atoms with Gasteiger partial charge in [-0.15, -0.1) is 0 Å². The first-order chi connectivity index (χ1) is 11.6. The Morgan fingerprint density at radius 3 is 2.83 bits per heavy atom. The number of methoxy groups -OCH3 is 1. The van der Waals surface area contributed by atoms with E-state index in [0.29, 0.717) is 16.9 Å². The van der Waals surface area contributed by atoms with Gasteiger partial charge in [0, 0.05) is 37.3 Å². The maximum Gasteiger partial charge on any atom is 0.124 e. The summed E-state index contributed by atoms with van der Waals surface area (Å²) in [6.45, 7) is 0. The van der Waals surface area contributed by atoms with Crippen LogP contribution in [0.2, 0.25) is 10.0 Å². The minimum absolute atomic E-state index is 0.138. The van der Waals surface area contributed by atoms with Gasteiger partial charge in [-0.1, -0.05) is 51.3 Å². The molecule has 1 aliphatic carbocycles. The molecule has 2 aromatic rings. The Balaban J connectivity index is 1.86. The number of ether oxygens (including phenoxy) is 1. The van der Waals surface area contributed by atoms with E-state index in [1.807, 2.05) is 24.3 Å². The van der Waals surface area contributed by atoms with Crippen molar-refractivity contribution in [1.82, 2.24) is 0 Å². The van der Waals surface area contributed by atoms with Crippen LogP contribution in [0, 0.1) is 5.92 Å². The van der Waals surface area contributed by atoms with Gasteiger partial charge in [0.25, 0.3) is 0 Å². The van der Waals surface area contributed by atoms with Gasteiger partial charge in [-0.3, -0.25) is 0 Å². The molecule has 2 aliphatic rings. The van der Waals surface area contributed by atoms with Crippen LogP contribution in [0.5, 0.6) is 5.75 Å². The number of rotatable bonds is 2. The maximum atomic E-state index is 6.50. The minimum atomic E-state index is 0.138. The number of allylic oxidation sites excluding steroid dienone is 2. The van der Waals surface area contributed by atoms with Crippen molar-refractivity contribution in [3.63, 3.8) is 0 Å². The van der Waals surface area contributed by atoms with Crippen LogP contribution in [0.3, 0.4) is 0 Å². The van der Waals surface area contributed by atoms with E-state index in [0.717, 1.165) is 38.5 Å². The fourth-order valence-electron chi connectivity index (χ4n) is 3.90. The van der Waals surface area contributed by atoms with Crippen molar-refractivity contribution >= 4 is 44.8 Å². The van der Waals surface area contributed by atoms with Crippen LogP contribution in [0.1, 0.15) is 29.5 Å². The number of benzene rings is 2. The Morgan fingerprint density at radius 2 is 2.04 bits per heavy atom. The van der Waals surface area contributed by atoms with Gasteiger partial charge in [0.05, 0.1) is 13.2 Å². The second-order valence-electron chi connectivity index (χ2n) is 6.21. The summed E-state index contributed by atoms with van der Waals surface area (Å²) in [5.74, 6) is 1.58. The Morgan fingerprint density at radius 1 is 1.21 bits per heavy atom. The molecule has 5 heteroatoms. The van der Waals surface area contributed by atoms with Crippen LogP contribution in [0.25, 0.3) is 0 Å². The lowest BCUT2D eigenvalue weighted by molar-refractivity contribution is 0.381. The van der Waals surface area contributed by atoms with Gasteiger partial charge in [-0.05, 0) is 42.7 Å². The Bertz CT molecular complexity index is 836. The van der Waals surface area contributed by atoms with Crippen molar-refractivity contribution < 1.29 is 4.74 Å². The first kappa shape index (κ1) is 16.3. The van der Waals surface area contributed by atoms with Crippen molar-refractivity contribution in [2.75, 3.05) is 12.4 Å². The molecule has 0 amide bonds. The Hall–Kier alpha value is -1.16. The third-order valence-electron chi connectivity index (χ3n) is 4.91. The molecule has 1 aliphatic heterocycles. The molecule has 0 bridgehead atoms. The molecule has 24 heavy (non-hydrogen) atoms. The highest BCUT2D eigenvalue weighted by Gasteiger charge is 2.40. The third kappa shape index (κ3) is 2.63. The molecule has 0 spiro atoms. The highest BCUT2D eigenvalue weighted by molar-refractivity contribution is 9.10. The molecule has 0 radical (unpaired) electrons. The van der Waals surface area contributed by atoms with Crippen LogP contribution in [-0.4, -0.2) is 7.11 Å². The zero-order chi connectivity index (χ0) is 16.8. The van der Waals surface area contributed by atoms with Gasteiger partial charge >= 0.3 is 0 Å². The van der Waals surface area contributed by atoms with E-state index in [1.165, 1.54) is 0 Å². The SMILES string of the molecule is COc1ccc(Br)cc1[C@@H]1Nc2cc(Cl)cc(Cl)c2[C@H]2C=CC[C@H]21. The van der Waals surface area contributed by atoms with Crippen LogP contribution < -0.4 is 10.1 Å². The third-order valence-corrected chi connectivity index (χ3v) is 5.93. The highest BCUT2D eigenvalue weighted by atomic mass is 79.9. The molecule has 4 rings (SSSR count). The smallest absolute Gasteiger partial charge is 0.124 e.